The lowest BCUT2D eigenvalue weighted by Gasteiger charge is -2.03. The van der Waals surface area contributed by atoms with E-state index in [-0.39, 0.29) is 30.6 Å². The highest BCUT2D eigenvalue weighted by atomic mass is 16.7. The van der Waals surface area contributed by atoms with Crippen LogP contribution in [0.25, 0.3) is 11.4 Å². The lowest BCUT2D eigenvalue weighted by molar-refractivity contribution is 0.0430. The third kappa shape index (κ3) is 3.50. The molecule has 3 aromatic rings. The number of rotatable bonds is 5. The van der Waals surface area contributed by atoms with Crippen LogP contribution in [0.15, 0.2) is 47.0 Å². The number of carbonyl (C=O) groups is 2. The van der Waals surface area contributed by atoms with E-state index in [1.54, 1.807) is 36.4 Å². The van der Waals surface area contributed by atoms with Gasteiger partial charge >= 0.3 is 5.97 Å². The van der Waals surface area contributed by atoms with E-state index in [1.807, 2.05) is 0 Å². The zero-order valence-electron chi connectivity index (χ0n) is 14.3. The summed E-state index contributed by atoms with van der Waals surface area (Å²) in [7, 11) is 0. The zero-order valence-corrected chi connectivity index (χ0v) is 14.3. The molecule has 136 valence electrons. The molecule has 8 heteroatoms. The van der Waals surface area contributed by atoms with Gasteiger partial charge in [-0.15, -0.1) is 0 Å². The van der Waals surface area contributed by atoms with E-state index in [9.17, 15) is 9.59 Å². The van der Waals surface area contributed by atoms with Gasteiger partial charge in [-0.2, -0.15) is 4.98 Å². The van der Waals surface area contributed by atoms with Crippen molar-refractivity contribution in [3.8, 4) is 22.9 Å². The summed E-state index contributed by atoms with van der Waals surface area (Å²) in [5, 5.41) is 3.88. The highest BCUT2D eigenvalue weighted by Crippen LogP contribution is 2.35. The number of benzene rings is 2. The number of fused-ring (bicyclic) bond motifs is 1. The van der Waals surface area contributed by atoms with Gasteiger partial charge in [-0.1, -0.05) is 17.3 Å². The minimum Gasteiger partial charge on any atom is -0.454 e. The van der Waals surface area contributed by atoms with Gasteiger partial charge in [0.2, 0.25) is 12.6 Å². The number of Topliss-reactive ketones (excluding diaryl/α,β-unsaturated/α-hetero) is 1. The number of esters is 1. The fourth-order valence-corrected chi connectivity index (χ4v) is 2.54. The Balaban J connectivity index is 1.43. The first-order valence-corrected chi connectivity index (χ1v) is 8.11. The highest BCUT2D eigenvalue weighted by molar-refractivity contribution is 5.97. The molecule has 1 aliphatic heterocycles. The van der Waals surface area contributed by atoms with Gasteiger partial charge in [0.1, 0.15) is 0 Å². The monoisotopic (exact) mass is 366 g/mol. The summed E-state index contributed by atoms with van der Waals surface area (Å²) in [5.41, 5.74) is 1.40. The Morgan fingerprint density at radius 1 is 1.07 bits per heavy atom. The first-order valence-electron chi connectivity index (χ1n) is 8.11. The molecule has 0 saturated carbocycles. The molecule has 1 aliphatic rings. The quantitative estimate of drug-likeness (QED) is 0.502. The van der Waals surface area contributed by atoms with Gasteiger partial charge in [-0.25, -0.2) is 4.79 Å². The number of ketones is 1. The van der Waals surface area contributed by atoms with Crippen molar-refractivity contribution in [2.75, 3.05) is 6.79 Å². The number of nitrogens with zero attached hydrogens (tertiary/aromatic N) is 2. The fourth-order valence-electron chi connectivity index (χ4n) is 2.54. The maximum absolute atomic E-state index is 12.1. The molecule has 27 heavy (non-hydrogen) atoms. The zero-order chi connectivity index (χ0) is 18.8. The second kappa shape index (κ2) is 6.91. The van der Waals surface area contributed by atoms with Crippen LogP contribution in [0.2, 0.25) is 0 Å². The normalized spacial score (nSPS) is 12.0. The van der Waals surface area contributed by atoms with E-state index in [1.165, 1.54) is 13.0 Å². The number of hydrogen-bond donors (Lipinski definition) is 0. The Bertz CT molecular complexity index is 1030. The van der Waals surface area contributed by atoms with Gasteiger partial charge in [0, 0.05) is 11.1 Å². The molecule has 2 aromatic carbocycles. The van der Waals surface area contributed by atoms with E-state index < -0.39 is 5.97 Å². The van der Waals surface area contributed by atoms with E-state index >= 15 is 0 Å². The Hall–Kier alpha value is -3.68. The number of ether oxygens (including phenoxy) is 3. The summed E-state index contributed by atoms with van der Waals surface area (Å²) >= 11 is 0. The third-order valence-electron chi connectivity index (χ3n) is 3.93. The second-order valence-corrected chi connectivity index (χ2v) is 5.79. The van der Waals surface area contributed by atoms with Crippen molar-refractivity contribution in [3.05, 3.63) is 59.5 Å². The van der Waals surface area contributed by atoms with E-state index in [2.05, 4.69) is 10.1 Å². The summed E-state index contributed by atoms with van der Waals surface area (Å²) in [5.74, 6) is 1.05. The van der Waals surface area contributed by atoms with Gasteiger partial charge in [0.25, 0.3) is 5.89 Å². The van der Waals surface area contributed by atoms with Gasteiger partial charge in [0.05, 0.1) is 5.56 Å². The average molecular weight is 366 g/mol. The van der Waals surface area contributed by atoms with Crippen molar-refractivity contribution in [1.82, 2.24) is 10.1 Å². The number of hydrogen-bond acceptors (Lipinski definition) is 8. The van der Waals surface area contributed by atoms with Gasteiger partial charge in [-0.05, 0) is 37.3 Å². The Morgan fingerprint density at radius 3 is 2.74 bits per heavy atom. The lowest BCUT2D eigenvalue weighted by atomic mass is 10.1. The average Bonchev–Trinajstić information content (AvgIpc) is 3.34. The van der Waals surface area contributed by atoms with Crippen LogP contribution in [-0.4, -0.2) is 28.7 Å². The summed E-state index contributed by atoms with van der Waals surface area (Å²) in [6.07, 6.45) is 0. The molecule has 0 spiro atoms. The minimum atomic E-state index is -0.582. The molecule has 0 unspecified atom stereocenters. The molecule has 2 heterocycles. The van der Waals surface area contributed by atoms with Crippen LogP contribution >= 0.6 is 0 Å². The van der Waals surface area contributed by atoms with Crippen LogP contribution in [0.5, 0.6) is 11.5 Å². The molecule has 0 N–H and O–H groups in total. The molecule has 4 rings (SSSR count). The van der Waals surface area contributed by atoms with Crippen LogP contribution in [0.1, 0.15) is 33.5 Å². The van der Waals surface area contributed by atoms with Crippen molar-refractivity contribution >= 4 is 11.8 Å². The lowest BCUT2D eigenvalue weighted by Crippen LogP contribution is -2.06. The van der Waals surface area contributed by atoms with Crippen molar-refractivity contribution in [3.63, 3.8) is 0 Å². The van der Waals surface area contributed by atoms with E-state index in [4.69, 9.17) is 18.7 Å². The highest BCUT2D eigenvalue weighted by Gasteiger charge is 2.17. The summed E-state index contributed by atoms with van der Waals surface area (Å²) in [4.78, 5) is 27.8. The van der Waals surface area contributed by atoms with Crippen molar-refractivity contribution in [2.45, 2.75) is 13.5 Å². The minimum absolute atomic E-state index is 0.130. The Kier molecular flexibility index (Phi) is 4.29. The molecule has 8 nitrogen and oxygen atoms in total. The summed E-state index contributed by atoms with van der Waals surface area (Å²) in [6.45, 7) is 1.43. The van der Waals surface area contributed by atoms with Crippen LogP contribution in [0, 0.1) is 0 Å². The van der Waals surface area contributed by atoms with E-state index in [0.29, 0.717) is 28.5 Å². The first kappa shape index (κ1) is 16.8. The second-order valence-electron chi connectivity index (χ2n) is 5.79. The molecule has 0 radical (unpaired) electrons. The maximum Gasteiger partial charge on any atom is 0.338 e. The summed E-state index contributed by atoms with van der Waals surface area (Å²) < 4.78 is 20.9. The predicted octanol–water partition coefficient (Wildman–Crippen LogP) is 3.02. The van der Waals surface area contributed by atoms with Crippen molar-refractivity contribution < 1.29 is 28.3 Å². The van der Waals surface area contributed by atoms with Crippen LogP contribution in [0.4, 0.5) is 0 Å². The first-order chi connectivity index (χ1) is 13.1. The molecule has 0 saturated heterocycles. The molecular formula is C19H14N2O6. The van der Waals surface area contributed by atoms with Crippen LogP contribution in [-0.2, 0) is 11.3 Å². The largest absolute Gasteiger partial charge is 0.454 e. The maximum atomic E-state index is 12.1. The van der Waals surface area contributed by atoms with Crippen molar-refractivity contribution in [2.24, 2.45) is 0 Å². The van der Waals surface area contributed by atoms with E-state index in [0.717, 1.165) is 0 Å². The molecule has 1 aromatic heterocycles. The Morgan fingerprint density at radius 2 is 1.89 bits per heavy atom. The topological polar surface area (TPSA) is 101 Å². The Labute approximate surface area is 153 Å². The SMILES string of the molecule is CC(=O)c1cccc(C(=O)OCc2nc(-c3ccc4c(c3)OCO4)no2)c1. The molecule has 0 bridgehead atoms. The third-order valence-corrected chi connectivity index (χ3v) is 3.93. The number of carbonyl (C=O) groups excluding carboxylic acids is 2. The van der Waals surface area contributed by atoms with Crippen LogP contribution < -0.4 is 9.47 Å². The van der Waals surface area contributed by atoms with Gasteiger partial charge < -0.3 is 18.7 Å². The number of aromatic nitrogens is 2. The molecule has 0 amide bonds. The molecule has 0 aliphatic carbocycles. The fraction of sp³-hybridized carbons (Fsp3) is 0.158. The molecule has 0 atom stereocenters. The standard InChI is InChI=1S/C19H14N2O6/c1-11(22)12-3-2-4-14(7-12)19(23)24-9-17-20-18(21-27-17)13-5-6-15-16(8-13)26-10-25-15/h2-8H,9-10H2,1H3. The van der Waals surface area contributed by atoms with Gasteiger partial charge in [0.15, 0.2) is 23.9 Å². The molecular weight excluding hydrogens is 352 g/mol. The van der Waals surface area contributed by atoms with Gasteiger partial charge in [-0.3, -0.25) is 4.79 Å². The predicted molar refractivity (Wildman–Crippen MR) is 91.4 cm³/mol. The summed E-state index contributed by atoms with van der Waals surface area (Å²) in [6, 6.07) is 11.6. The van der Waals surface area contributed by atoms with Crippen molar-refractivity contribution in [1.29, 1.82) is 0 Å². The smallest absolute Gasteiger partial charge is 0.338 e. The molecule has 0 fully saturated rings. The van der Waals surface area contributed by atoms with Crippen LogP contribution in [0.3, 0.4) is 0 Å².